The largest absolute Gasteiger partial charge is 0.414 e. The van der Waals surface area contributed by atoms with Gasteiger partial charge in [-0.15, -0.1) is 11.8 Å². The van der Waals surface area contributed by atoms with Gasteiger partial charge >= 0.3 is 6.09 Å². The van der Waals surface area contributed by atoms with E-state index in [2.05, 4.69) is 5.32 Å². The second-order valence-corrected chi connectivity index (χ2v) is 6.93. The molecule has 0 aliphatic heterocycles. The number of rotatable bonds is 7. The van der Waals surface area contributed by atoms with Crippen LogP contribution in [0.4, 0.5) is 9.18 Å². The number of benzene rings is 2. The van der Waals surface area contributed by atoms with E-state index in [1.54, 1.807) is 50.1 Å². The van der Waals surface area contributed by atoms with Gasteiger partial charge in [-0.1, -0.05) is 12.1 Å². The average molecular weight is 362 g/mol. The zero-order valence-corrected chi connectivity index (χ0v) is 15.5. The summed E-state index contributed by atoms with van der Waals surface area (Å²) >= 11 is 1.70. The molecule has 1 atom stereocenters. The Morgan fingerprint density at radius 3 is 2.36 bits per heavy atom. The van der Waals surface area contributed by atoms with Crippen LogP contribution in [0.5, 0.6) is 5.75 Å². The molecule has 0 bridgehead atoms. The maximum atomic E-state index is 12.9. The van der Waals surface area contributed by atoms with Crippen LogP contribution in [0.3, 0.4) is 0 Å². The number of thioether (sulfide) groups is 1. The quantitative estimate of drug-likeness (QED) is 0.745. The van der Waals surface area contributed by atoms with Crippen LogP contribution in [-0.2, 0) is 0 Å². The molecule has 2 aromatic rings. The van der Waals surface area contributed by atoms with Crippen molar-refractivity contribution in [3.05, 3.63) is 59.9 Å². The molecule has 2 rings (SSSR count). The van der Waals surface area contributed by atoms with E-state index in [4.69, 9.17) is 4.74 Å². The van der Waals surface area contributed by atoms with Gasteiger partial charge in [-0.3, -0.25) is 0 Å². The van der Waals surface area contributed by atoms with Crippen LogP contribution in [0.1, 0.15) is 18.0 Å². The van der Waals surface area contributed by atoms with Gasteiger partial charge in [0.1, 0.15) is 11.6 Å². The van der Waals surface area contributed by atoms with Gasteiger partial charge in [0.15, 0.2) is 0 Å². The smallest absolute Gasteiger partial charge is 0.410 e. The lowest BCUT2D eigenvalue weighted by atomic mass is 10.0. The molecule has 0 fully saturated rings. The predicted octanol–water partition coefficient (Wildman–Crippen LogP) is 4.33. The Labute approximate surface area is 152 Å². The number of carbonyl (C=O) groups excluding carboxylic acids is 1. The molecule has 0 saturated carbocycles. The zero-order chi connectivity index (χ0) is 18.2. The lowest BCUT2D eigenvalue weighted by Crippen LogP contribution is -2.25. The molecule has 25 heavy (non-hydrogen) atoms. The Balaban J connectivity index is 1.89. The van der Waals surface area contributed by atoms with Crippen molar-refractivity contribution in [3.8, 4) is 5.75 Å². The van der Waals surface area contributed by atoms with Crippen molar-refractivity contribution >= 4 is 17.9 Å². The molecule has 0 radical (unpaired) electrons. The van der Waals surface area contributed by atoms with E-state index >= 15 is 0 Å². The number of carbonyl (C=O) groups is 1. The molecule has 0 saturated heterocycles. The Hall–Kier alpha value is -2.05. The second kappa shape index (κ2) is 9.44. The van der Waals surface area contributed by atoms with E-state index in [9.17, 15) is 9.18 Å². The number of hydrogen-bond donors (Lipinski definition) is 1. The number of hydrogen-bond acceptors (Lipinski definition) is 4. The highest BCUT2D eigenvalue weighted by Gasteiger charge is 2.11. The number of amides is 1. The van der Waals surface area contributed by atoms with E-state index in [-0.39, 0.29) is 11.9 Å². The van der Waals surface area contributed by atoms with Gasteiger partial charge in [0, 0.05) is 25.0 Å². The summed E-state index contributed by atoms with van der Waals surface area (Å²) in [5.41, 5.74) is 1.13. The third-order valence-electron chi connectivity index (χ3n) is 3.69. The van der Waals surface area contributed by atoms with Crippen LogP contribution in [0, 0.1) is 5.82 Å². The van der Waals surface area contributed by atoms with E-state index in [1.165, 1.54) is 17.0 Å². The first-order valence-corrected chi connectivity index (χ1v) is 9.03. The second-order valence-electron chi connectivity index (χ2n) is 5.76. The van der Waals surface area contributed by atoms with Gasteiger partial charge in [-0.05, 0) is 61.2 Å². The molecule has 2 aromatic carbocycles. The van der Waals surface area contributed by atoms with Crippen LogP contribution in [-0.4, -0.2) is 37.9 Å². The molecule has 6 heteroatoms. The Morgan fingerprint density at radius 1 is 1.16 bits per heavy atom. The molecule has 134 valence electrons. The van der Waals surface area contributed by atoms with Crippen molar-refractivity contribution in [3.63, 3.8) is 0 Å². The summed E-state index contributed by atoms with van der Waals surface area (Å²) in [5.74, 6) is 1.22. The van der Waals surface area contributed by atoms with Crippen molar-refractivity contribution in [2.45, 2.75) is 17.4 Å². The van der Waals surface area contributed by atoms with E-state index < -0.39 is 6.09 Å². The van der Waals surface area contributed by atoms with Crippen molar-refractivity contribution < 1.29 is 13.9 Å². The normalized spacial score (nSPS) is 11.8. The molecule has 0 heterocycles. The summed E-state index contributed by atoms with van der Waals surface area (Å²) in [6, 6.07) is 14.3. The number of ether oxygens (including phenoxy) is 1. The SMILES string of the molecule is CNC(CCSc1ccc(F)cc1)c1ccc(OC(=O)N(C)C)cc1. The zero-order valence-electron chi connectivity index (χ0n) is 14.7. The third kappa shape index (κ3) is 6.07. The topological polar surface area (TPSA) is 41.6 Å². The molecular formula is C19H23FN2O2S. The monoisotopic (exact) mass is 362 g/mol. The van der Waals surface area contributed by atoms with Crippen LogP contribution in [0.25, 0.3) is 0 Å². The Bertz CT molecular complexity index is 675. The van der Waals surface area contributed by atoms with E-state index in [0.717, 1.165) is 22.6 Å². The molecule has 4 nitrogen and oxygen atoms in total. The Morgan fingerprint density at radius 2 is 1.80 bits per heavy atom. The summed E-state index contributed by atoms with van der Waals surface area (Å²) in [6.45, 7) is 0. The van der Waals surface area contributed by atoms with Crippen LogP contribution < -0.4 is 10.1 Å². The summed E-state index contributed by atoms with van der Waals surface area (Å²) < 4.78 is 18.1. The van der Waals surface area contributed by atoms with Crippen molar-refractivity contribution in [1.29, 1.82) is 0 Å². The highest BCUT2D eigenvalue weighted by molar-refractivity contribution is 7.99. The average Bonchev–Trinajstić information content (AvgIpc) is 2.61. The minimum absolute atomic E-state index is 0.201. The molecule has 0 aliphatic carbocycles. The fraction of sp³-hybridized carbons (Fsp3) is 0.316. The third-order valence-corrected chi connectivity index (χ3v) is 4.74. The van der Waals surface area contributed by atoms with E-state index in [0.29, 0.717) is 5.75 Å². The first-order chi connectivity index (χ1) is 12.0. The number of halogens is 1. The van der Waals surface area contributed by atoms with Crippen LogP contribution in [0.2, 0.25) is 0 Å². The summed E-state index contributed by atoms with van der Waals surface area (Å²) in [7, 11) is 5.21. The molecule has 1 amide bonds. The van der Waals surface area contributed by atoms with Gasteiger partial charge < -0.3 is 15.0 Å². The van der Waals surface area contributed by atoms with Crippen molar-refractivity contribution in [2.75, 3.05) is 26.9 Å². The summed E-state index contributed by atoms with van der Waals surface area (Å²) in [5, 5.41) is 3.30. The van der Waals surface area contributed by atoms with Gasteiger partial charge in [0.05, 0.1) is 0 Å². The minimum Gasteiger partial charge on any atom is -0.410 e. The van der Waals surface area contributed by atoms with Gasteiger partial charge in [-0.25, -0.2) is 9.18 Å². The number of nitrogens with zero attached hydrogens (tertiary/aromatic N) is 1. The maximum absolute atomic E-state index is 12.9. The van der Waals surface area contributed by atoms with Crippen molar-refractivity contribution in [1.82, 2.24) is 10.2 Å². The highest BCUT2D eigenvalue weighted by atomic mass is 32.2. The van der Waals surface area contributed by atoms with Gasteiger partial charge in [0.25, 0.3) is 0 Å². The number of nitrogens with one attached hydrogen (secondary N) is 1. The molecular weight excluding hydrogens is 339 g/mol. The molecule has 0 aliphatic rings. The minimum atomic E-state index is -0.395. The van der Waals surface area contributed by atoms with Crippen LogP contribution >= 0.6 is 11.8 Å². The molecule has 1 N–H and O–H groups in total. The lowest BCUT2D eigenvalue weighted by molar-refractivity contribution is 0.172. The fourth-order valence-corrected chi connectivity index (χ4v) is 3.18. The molecule has 0 aromatic heterocycles. The lowest BCUT2D eigenvalue weighted by Gasteiger charge is -2.17. The van der Waals surface area contributed by atoms with Gasteiger partial charge in [0.2, 0.25) is 0 Å². The Kier molecular flexibility index (Phi) is 7.28. The first-order valence-electron chi connectivity index (χ1n) is 8.04. The van der Waals surface area contributed by atoms with E-state index in [1.807, 2.05) is 19.2 Å². The summed E-state index contributed by atoms with van der Waals surface area (Å²) in [4.78, 5) is 14.0. The molecule has 0 spiro atoms. The maximum Gasteiger partial charge on any atom is 0.414 e. The summed E-state index contributed by atoms with van der Waals surface area (Å²) in [6.07, 6.45) is 0.531. The van der Waals surface area contributed by atoms with Crippen LogP contribution in [0.15, 0.2) is 53.4 Å². The van der Waals surface area contributed by atoms with Gasteiger partial charge in [-0.2, -0.15) is 0 Å². The highest BCUT2D eigenvalue weighted by Crippen LogP contribution is 2.25. The first kappa shape index (κ1) is 19.3. The standard InChI is InChI=1S/C19H23FN2O2S/c1-21-18(12-13-25-17-10-6-15(20)7-11-17)14-4-8-16(9-5-14)24-19(23)22(2)3/h4-11,18,21H,12-13H2,1-3H3. The molecule has 1 unspecified atom stereocenters. The fourth-order valence-electron chi connectivity index (χ4n) is 2.26. The predicted molar refractivity (Wildman–Crippen MR) is 99.7 cm³/mol. The van der Waals surface area contributed by atoms with Crippen molar-refractivity contribution in [2.24, 2.45) is 0 Å².